The molecule has 0 atom stereocenters. The van der Waals surface area contributed by atoms with Crippen LogP contribution < -0.4 is 0 Å². The summed E-state index contributed by atoms with van der Waals surface area (Å²) < 4.78 is 13.6. The third kappa shape index (κ3) is 5.30. The van der Waals surface area contributed by atoms with E-state index in [0.29, 0.717) is 11.1 Å². The maximum absolute atomic E-state index is 9.71. The zero-order chi connectivity index (χ0) is 42.5. The predicted octanol–water partition coefficient (Wildman–Crippen LogP) is 14.4. The van der Waals surface area contributed by atoms with Crippen LogP contribution >= 0.6 is 0 Å². The average Bonchev–Trinajstić information content (AvgIpc) is 4.09. The molecule has 6 heteroatoms. The summed E-state index contributed by atoms with van der Waals surface area (Å²) in [5.74, 6) is 0. The fourth-order valence-electron chi connectivity index (χ4n) is 10.3. The molecule has 0 unspecified atom stereocenters. The van der Waals surface area contributed by atoms with E-state index in [0.717, 1.165) is 73.6 Å². The minimum Gasteiger partial charge on any atom is -0.454 e. The lowest BCUT2D eigenvalue weighted by atomic mass is 10.0. The highest BCUT2D eigenvalue weighted by Gasteiger charge is 2.20. The molecule has 0 saturated heterocycles. The van der Waals surface area contributed by atoms with Gasteiger partial charge in [0.05, 0.1) is 62.1 Å². The van der Waals surface area contributed by atoms with E-state index in [1.165, 1.54) is 54.7 Å². The lowest BCUT2D eigenvalue weighted by Crippen LogP contribution is -1.96. The average molecular weight is 818 g/mol. The van der Waals surface area contributed by atoms with Crippen LogP contribution in [0.2, 0.25) is 0 Å². The molecule has 0 radical (unpaired) electrons. The van der Waals surface area contributed by atoms with Gasteiger partial charge in [0.1, 0.15) is 5.58 Å². The van der Waals surface area contributed by atoms with Crippen LogP contribution in [0.25, 0.3) is 104 Å². The number of furan rings is 1. The van der Waals surface area contributed by atoms with Crippen LogP contribution in [0.1, 0.15) is 22.3 Å². The van der Waals surface area contributed by atoms with Gasteiger partial charge >= 0.3 is 0 Å². The Bertz CT molecular complexity index is 4090. The van der Waals surface area contributed by atoms with Crippen molar-refractivity contribution in [2.24, 2.45) is 0 Å². The van der Waals surface area contributed by atoms with Crippen molar-refractivity contribution in [2.45, 2.75) is 12.8 Å². The molecule has 0 spiro atoms. The summed E-state index contributed by atoms with van der Waals surface area (Å²) in [5, 5.41) is 28.4. The van der Waals surface area contributed by atoms with Gasteiger partial charge in [0.2, 0.25) is 0 Å². The number of rotatable bonds is 6. The quantitative estimate of drug-likeness (QED) is 0.168. The highest BCUT2D eigenvalue weighted by molar-refractivity contribution is 6.14. The molecule has 13 rings (SSSR count). The third-order valence-corrected chi connectivity index (χ3v) is 13.2. The van der Waals surface area contributed by atoms with Gasteiger partial charge in [-0.15, -0.1) is 0 Å². The first kappa shape index (κ1) is 35.9. The zero-order valence-corrected chi connectivity index (χ0v) is 34.5. The van der Waals surface area contributed by atoms with Gasteiger partial charge in [-0.1, -0.05) is 78.9 Å². The van der Waals surface area contributed by atoms with E-state index in [1.54, 1.807) is 0 Å². The Morgan fingerprint density at radius 3 is 1.53 bits per heavy atom. The van der Waals surface area contributed by atoms with Gasteiger partial charge in [0.25, 0.3) is 0 Å². The van der Waals surface area contributed by atoms with Gasteiger partial charge in [0.15, 0.2) is 5.58 Å². The molecule has 0 aliphatic carbocycles. The molecule has 0 bridgehead atoms. The lowest BCUT2D eigenvalue weighted by Gasteiger charge is -2.10. The first-order valence-corrected chi connectivity index (χ1v) is 21.6. The van der Waals surface area contributed by atoms with Crippen molar-refractivity contribution in [3.8, 4) is 29.2 Å². The second-order valence-electron chi connectivity index (χ2n) is 16.7. The summed E-state index contributed by atoms with van der Waals surface area (Å²) in [6.07, 6.45) is 1.77. The number of para-hydroxylation sites is 4. The molecule has 4 aromatic heterocycles. The number of nitrogens with zero attached hydrogens (tertiary/aromatic N) is 5. The summed E-state index contributed by atoms with van der Waals surface area (Å²) in [5.41, 5.74) is 15.2. The monoisotopic (exact) mass is 817 g/mol. The highest BCUT2D eigenvalue weighted by Crippen LogP contribution is 2.40. The number of hydrogen-bond donors (Lipinski definition) is 0. The number of fused-ring (bicyclic) bond motifs is 12. The Morgan fingerprint density at radius 2 is 0.859 bits per heavy atom. The van der Waals surface area contributed by atoms with Gasteiger partial charge < -0.3 is 18.1 Å². The van der Waals surface area contributed by atoms with Crippen LogP contribution in [0.4, 0.5) is 0 Å². The molecule has 0 aliphatic rings. The Morgan fingerprint density at radius 1 is 0.359 bits per heavy atom. The Labute approximate surface area is 366 Å². The van der Waals surface area contributed by atoms with Crippen molar-refractivity contribution in [1.82, 2.24) is 13.7 Å². The van der Waals surface area contributed by atoms with Gasteiger partial charge in [-0.05, 0) is 133 Å². The van der Waals surface area contributed by atoms with E-state index in [9.17, 15) is 10.5 Å². The summed E-state index contributed by atoms with van der Waals surface area (Å²) >= 11 is 0. The van der Waals surface area contributed by atoms with Gasteiger partial charge in [-0.3, -0.25) is 0 Å². The molecule has 0 saturated carbocycles. The van der Waals surface area contributed by atoms with Crippen LogP contribution in [0.3, 0.4) is 0 Å². The maximum Gasteiger partial charge on any atom is 0.159 e. The first-order chi connectivity index (χ1) is 31.6. The van der Waals surface area contributed by atoms with Crippen LogP contribution in [0, 0.1) is 22.7 Å². The maximum atomic E-state index is 9.71. The predicted molar refractivity (Wildman–Crippen MR) is 260 cm³/mol. The highest BCUT2D eigenvalue weighted by atomic mass is 16.3. The van der Waals surface area contributed by atoms with Crippen molar-refractivity contribution in [3.05, 3.63) is 210 Å². The first-order valence-electron chi connectivity index (χ1n) is 21.6. The fourth-order valence-corrected chi connectivity index (χ4v) is 10.3. The topological polar surface area (TPSA) is 75.5 Å². The minimum atomic E-state index is 0.577. The molecule has 298 valence electrons. The molecule has 6 nitrogen and oxygen atoms in total. The third-order valence-electron chi connectivity index (χ3n) is 13.2. The summed E-state index contributed by atoms with van der Waals surface area (Å²) in [6, 6.07) is 70.8. The summed E-state index contributed by atoms with van der Waals surface area (Å²) in [7, 11) is 0. The van der Waals surface area contributed by atoms with Crippen LogP contribution in [0.5, 0.6) is 0 Å². The molecular weight excluding hydrogens is 783 g/mol. The van der Waals surface area contributed by atoms with Crippen molar-refractivity contribution < 1.29 is 4.42 Å². The van der Waals surface area contributed by atoms with E-state index in [-0.39, 0.29) is 0 Å². The number of hydrogen-bond acceptors (Lipinski definition) is 3. The van der Waals surface area contributed by atoms with Gasteiger partial charge in [-0.2, -0.15) is 10.5 Å². The Hall–Kier alpha value is -8.84. The molecule has 0 N–H and O–H groups in total. The number of nitriles is 2. The molecule has 0 aliphatic heterocycles. The number of aryl methyl sites for hydroxylation is 2. The summed E-state index contributed by atoms with van der Waals surface area (Å²) in [4.78, 5) is 0. The van der Waals surface area contributed by atoms with Crippen LogP contribution in [0.15, 0.2) is 192 Å². The molecule has 64 heavy (non-hydrogen) atoms. The van der Waals surface area contributed by atoms with Crippen LogP contribution in [-0.2, 0) is 12.8 Å². The van der Waals surface area contributed by atoms with E-state index in [4.69, 9.17) is 4.42 Å². The largest absolute Gasteiger partial charge is 0.454 e. The summed E-state index contributed by atoms with van der Waals surface area (Å²) in [6.45, 7) is 0. The van der Waals surface area contributed by atoms with Crippen molar-refractivity contribution in [1.29, 1.82) is 10.5 Å². The van der Waals surface area contributed by atoms with Crippen molar-refractivity contribution in [3.63, 3.8) is 0 Å². The van der Waals surface area contributed by atoms with Gasteiger partial charge in [-0.25, -0.2) is 0 Å². The second kappa shape index (κ2) is 13.8. The Kier molecular flexibility index (Phi) is 7.76. The normalized spacial score (nSPS) is 11.8. The molecule has 9 aromatic carbocycles. The van der Waals surface area contributed by atoms with Crippen molar-refractivity contribution >= 4 is 87.4 Å². The Balaban J connectivity index is 0.863. The van der Waals surface area contributed by atoms with Crippen molar-refractivity contribution in [2.75, 3.05) is 0 Å². The van der Waals surface area contributed by atoms with Gasteiger partial charge in [0, 0.05) is 54.5 Å². The molecular formula is C58H35N5O. The molecule has 13 aromatic rings. The lowest BCUT2D eigenvalue weighted by molar-refractivity contribution is 0.666. The number of benzene rings is 9. The molecule has 4 heterocycles. The minimum absolute atomic E-state index is 0.577. The van der Waals surface area contributed by atoms with E-state index < -0.39 is 0 Å². The van der Waals surface area contributed by atoms with E-state index in [2.05, 4.69) is 177 Å². The SMILES string of the molecule is N#Cc1ccc2c(c1)c1cc(C#N)ccc1n2-c1cccc2c1oc1ccc(CCc3ccc4c(c3)c3ccccc3n4-c3ccc4c(c3)c3ccccc3n4-c3ccccc3)cc12. The number of aromatic nitrogens is 3. The molecule has 0 fully saturated rings. The smallest absolute Gasteiger partial charge is 0.159 e. The standard InChI is InChI=1S/C58H35N5O/c59-34-38-20-25-54-46(31-38)47-32-39(35-60)21-26-55(47)63(54)56-16-8-13-44-49-30-37(22-28-57(49)64-58(44)56)18-17-36-19-24-52-45(29-36)42-11-4-7-15-51(42)62(52)41-23-27-53-48(33-41)43-12-5-6-14-50(43)61(53)40-9-2-1-3-10-40/h1-16,19-33H,17-18H2. The zero-order valence-electron chi connectivity index (χ0n) is 34.5. The van der Waals surface area contributed by atoms with Crippen LogP contribution in [-0.4, -0.2) is 13.7 Å². The molecule has 0 amide bonds. The van der Waals surface area contributed by atoms with E-state index >= 15 is 0 Å². The van der Waals surface area contributed by atoms with E-state index in [1.807, 2.05) is 36.4 Å². The second-order valence-corrected chi connectivity index (χ2v) is 16.7. The fraction of sp³-hybridized carbons (Fsp3) is 0.0345.